The molecule has 1 aromatic carbocycles. The van der Waals surface area contributed by atoms with E-state index in [4.69, 9.17) is 14.5 Å². The Morgan fingerprint density at radius 1 is 1.16 bits per heavy atom. The molecule has 1 saturated heterocycles. The fraction of sp³-hybridized carbons (Fsp3) is 0.478. The molecule has 7 nitrogen and oxygen atoms in total. The summed E-state index contributed by atoms with van der Waals surface area (Å²) in [5.41, 5.74) is 2.18. The fourth-order valence-electron chi connectivity index (χ4n) is 3.26. The Kier molecular flexibility index (Phi) is 11.6. The van der Waals surface area contributed by atoms with E-state index in [2.05, 4.69) is 34.4 Å². The molecule has 170 valence electrons. The molecular weight excluding hydrogens is 505 g/mol. The number of rotatable bonds is 9. The summed E-state index contributed by atoms with van der Waals surface area (Å²) < 4.78 is 11.3. The molecule has 0 bridgehead atoms. The van der Waals surface area contributed by atoms with Crippen molar-refractivity contribution < 1.29 is 9.47 Å². The van der Waals surface area contributed by atoms with E-state index < -0.39 is 0 Å². The van der Waals surface area contributed by atoms with Crippen LogP contribution in [0.4, 0.5) is 0 Å². The highest BCUT2D eigenvalue weighted by molar-refractivity contribution is 14.0. The summed E-state index contributed by atoms with van der Waals surface area (Å²) >= 11 is 0. The number of guanidine groups is 1. The van der Waals surface area contributed by atoms with E-state index in [1.165, 1.54) is 0 Å². The van der Waals surface area contributed by atoms with Crippen molar-refractivity contribution in [2.24, 2.45) is 4.99 Å². The highest BCUT2D eigenvalue weighted by atomic mass is 127. The van der Waals surface area contributed by atoms with Gasteiger partial charge in [0.15, 0.2) is 5.96 Å². The number of halogens is 1. The lowest BCUT2D eigenvalue weighted by molar-refractivity contribution is 0.0211. The van der Waals surface area contributed by atoms with E-state index >= 15 is 0 Å². The van der Waals surface area contributed by atoms with Crippen molar-refractivity contribution in [1.29, 1.82) is 0 Å². The van der Waals surface area contributed by atoms with Crippen molar-refractivity contribution in [3.05, 3.63) is 59.8 Å². The molecule has 0 aliphatic carbocycles. The number of aliphatic imine (C=N–C) groups is 1. The molecule has 1 aliphatic heterocycles. The van der Waals surface area contributed by atoms with Gasteiger partial charge < -0.3 is 20.1 Å². The van der Waals surface area contributed by atoms with Gasteiger partial charge in [0.1, 0.15) is 6.61 Å². The van der Waals surface area contributed by atoms with Crippen molar-refractivity contribution in [2.45, 2.75) is 33.0 Å². The maximum absolute atomic E-state index is 5.83. The van der Waals surface area contributed by atoms with Crippen molar-refractivity contribution in [2.75, 3.05) is 39.4 Å². The average molecular weight is 539 g/mol. The van der Waals surface area contributed by atoms with Crippen LogP contribution >= 0.6 is 24.0 Å². The van der Waals surface area contributed by atoms with E-state index in [-0.39, 0.29) is 24.0 Å². The first-order valence-corrected chi connectivity index (χ1v) is 10.7. The summed E-state index contributed by atoms with van der Waals surface area (Å²) in [5, 5.41) is 6.78. The predicted molar refractivity (Wildman–Crippen MR) is 135 cm³/mol. The standard InChI is InChI=1S/C23H33N5O2.HI/c1-3-24-23(26-16-19(2)28-11-13-29-14-12-28)27-17-21-9-10-25-22(15-21)30-18-20-7-5-4-6-8-20;/h4-10,15,19H,3,11-14,16-18H2,1-2H3,(H2,24,26,27);1H. The first kappa shape index (κ1) is 25.4. The van der Waals surface area contributed by atoms with Crippen LogP contribution in [0, 0.1) is 0 Å². The van der Waals surface area contributed by atoms with E-state index in [0.29, 0.717) is 25.1 Å². The summed E-state index contributed by atoms with van der Waals surface area (Å²) in [6.07, 6.45) is 1.77. The molecule has 1 atom stereocenters. The fourth-order valence-corrected chi connectivity index (χ4v) is 3.26. The van der Waals surface area contributed by atoms with Crippen LogP contribution in [0.2, 0.25) is 0 Å². The van der Waals surface area contributed by atoms with Crippen molar-refractivity contribution in [1.82, 2.24) is 20.5 Å². The van der Waals surface area contributed by atoms with Gasteiger partial charge in [-0.05, 0) is 31.0 Å². The second-order valence-corrected chi connectivity index (χ2v) is 7.35. The van der Waals surface area contributed by atoms with Gasteiger partial charge in [-0.3, -0.25) is 4.90 Å². The van der Waals surface area contributed by atoms with Gasteiger partial charge in [0.05, 0.1) is 19.8 Å². The van der Waals surface area contributed by atoms with Gasteiger partial charge >= 0.3 is 0 Å². The summed E-state index contributed by atoms with van der Waals surface area (Å²) in [6, 6.07) is 14.4. The Hall–Kier alpha value is -1.91. The molecule has 31 heavy (non-hydrogen) atoms. The number of nitrogens with one attached hydrogen (secondary N) is 2. The number of hydrogen-bond acceptors (Lipinski definition) is 5. The molecule has 0 saturated carbocycles. The molecule has 3 rings (SSSR count). The Morgan fingerprint density at radius 2 is 1.94 bits per heavy atom. The SMILES string of the molecule is CCNC(=NCc1ccnc(OCc2ccccc2)c1)NCC(C)N1CCOCC1.I. The lowest BCUT2D eigenvalue weighted by Crippen LogP contribution is -2.49. The van der Waals surface area contributed by atoms with Crippen LogP contribution in [0.15, 0.2) is 53.7 Å². The summed E-state index contributed by atoms with van der Waals surface area (Å²) in [4.78, 5) is 11.5. The molecule has 1 unspecified atom stereocenters. The van der Waals surface area contributed by atoms with Crippen LogP contribution < -0.4 is 15.4 Å². The molecule has 1 aromatic heterocycles. The minimum Gasteiger partial charge on any atom is -0.473 e. The average Bonchev–Trinajstić information content (AvgIpc) is 2.81. The number of morpholine rings is 1. The van der Waals surface area contributed by atoms with Crippen LogP contribution in [-0.2, 0) is 17.9 Å². The van der Waals surface area contributed by atoms with Gasteiger partial charge in [-0.2, -0.15) is 0 Å². The maximum atomic E-state index is 5.83. The Labute approximate surface area is 202 Å². The molecule has 2 aromatic rings. The molecule has 2 N–H and O–H groups in total. The zero-order chi connectivity index (χ0) is 21.0. The Bertz CT molecular complexity index is 785. The minimum absolute atomic E-state index is 0. The topological polar surface area (TPSA) is 71.0 Å². The number of benzene rings is 1. The minimum atomic E-state index is 0. The first-order chi connectivity index (χ1) is 14.7. The molecule has 1 aliphatic rings. The molecule has 1 fully saturated rings. The zero-order valence-corrected chi connectivity index (χ0v) is 20.7. The van der Waals surface area contributed by atoms with Gasteiger partial charge in [-0.25, -0.2) is 9.98 Å². The molecule has 2 heterocycles. The predicted octanol–water partition coefficient (Wildman–Crippen LogP) is 3.05. The summed E-state index contributed by atoms with van der Waals surface area (Å²) in [7, 11) is 0. The van der Waals surface area contributed by atoms with E-state index in [9.17, 15) is 0 Å². The van der Waals surface area contributed by atoms with Crippen LogP contribution in [0.1, 0.15) is 25.0 Å². The molecular formula is C23H34IN5O2. The quantitative estimate of drug-likeness (QED) is 0.290. The van der Waals surface area contributed by atoms with Gasteiger partial charge in [0, 0.05) is 44.5 Å². The second-order valence-electron chi connectivity index (χ2n) is 7.35. The van der Waals surface area contributed by atoms with Crippen LogP contribution in [-0.4, -0.2) is 61.3 Å². The first-order valence-electron chi connectivity index (χ1n) is 10.7. The van der Waals surface area contributed by atoms with Gasteiger partial charge in [0.25, 0.3) is 0 Å². The maximum Gasteiger partial charge on any atom is 0.213 e. The smallest absolute Gasteiger partial charge is 0.213 e. The Balaban J connectivity index is 0.00000341. The van der Waals surface area contributed by atoms with Crippen LogP contribution in [0.25, 0.3) is 0 Å². The third kappa shape index (κ3) is 9.00. The van der Waals surface area contributed by atoms with E-state index in [1.54, 1.807) is 6.20 Å². The summed E-state index contributed by atoms with van der Waals surface area (Å²) in [5.74, 6) is 1.44. The van der Waals surface area contributed by atoms with E-state index in [1.807, 2.05) is 42.5 Å². The third-order valence-corrected chi connectivity index (χ3v) is 5.03. The van der Waals surface area contributed by atoms with Crippen LogP contribution in [0.5, 0.6) is 5.88 Å². The highest BCUT2D eigenvalue weighted by Gasteiger charge is 2.17. The zero-order valence-electron chi connectivity index (χ0n) is 18.4. The van der Waals surface area contributed by atoms with Crippen molar-refractivity contribution in [3.63, 3.8) is 0 Å². The van der Waals surface area contributed by atoms with Crippen LogP contribution in [0.3, 0.4) is 0 Å². The van der Waals surface area contributed by atoms with Gasteiger partial charge in [0.2, 0.25) is 5.88 Å². The monoisotopic (exact) mass is 539 g/mol. The lowest BCUT2D eigenvalue weighted by Gasteiger charge is -2.32. The van der Waals surface area contributed by atoms with Crippen molar-refractivity contribution >= 4 is 29.9 Å². The van der Waals surface area contributed by atoms with E-state index in [0.717, 1.165) is 56.5 Å². The number of ether oxygens (including phenoxy) is 2. The Morgan fingerprint density at radius 3 is 2.68 bits per heavy atom. The van der Waals surface area contributed by atoms with Crippen molar-refractivity contribution in [3.8, 4) is 5.88 Å². The summed E-state index contributed by atoms with van der Waals surface area (Å²) in [6.45, 7) is 10.6. The number of pyridine rings is 1. The molecule has 0 radical (unpaired) electrons. The normalized spacial score (nSPS) is 15.6. The molecule has 0 amide bonds. The van der Waals surface area contributed by atoms with Gasteiger partial charge in [-0.15, -0.1) is 24.0 Å². The molecule has 8 heteroatoms. The second kappa shape index (κ2) is 14.2. The largest absolute Gasteiger partial charge is 0.473 e. The molecule has 0 spiro atoms. The number of aromatic nitrogens is 1. The third-order valence-electron chi connectivity index (χ3n) is 5.03. The number of hydrogen-bond donors (Lipinski definition) is 2. The highest BCUT2D eigenvalue weighted by Crippen LogP contribution is 2.12. The van der Waals surface area contributed by atoms with Gasteiger partial charge in [-0.1, -0.05) is 30.3 Å². The lowest BCUT2D eigenvalue weighted by atomic mass is 10.2. The number of nitrogens with zero attached hydrogens (tertiary/aromatic N) is 3.